The number of piperidine rings is 1. The molecule has 0 saturated carbocycles. The molecule has 2 N–H and O–H groups in total. The van der Waals surface area contributed by atoms with Crippen molar-refractivity contribution in [2.45, 2.75) is 44.9 Å². The van der Waals surface area contributed by atoms with Crippen molar-refractivity contribution in [1.82, 2.24) is 4.90 Å². The Hall–Kier alpha value is -1.87. The molecule has 1 saturated heterocycles. The highest BCUT2D eigenvalue weighted by atomic mass is 16.1. The first-order valence-corrected chi connectivity index (χ1v) is 9.23. The van der Waals surface area contributed by atoms with Crippen LogP contribution in [0.2, 0.25) is 0 Å². The molecule has 0 bridgehead atoms. The first kappa shape index (κ1) is 17.0. The maximum atomic E-state index is 12.0. The Kier molecular flexibility index (Phi) is 5.52. The Labute approximate surface area is 144 Å². The Morgan fingerprint density at radius 1 is 1.12 bits per heavy atom. The topological polar surface area (TPSA) is 46.3 Å². The number of benzene rings is 2. The number of hydrogen-bond acceptors (Lipinski definition) is 2. The molecule has 0 aromatic heterocycles. The fourth-order valence-electron chi connectivity index (χ4n) is 3.98. The van der Waals surface area contributed by atoms with Crippen LogP contribution in [0, 0.1) is 0 Å². The SMILES string of the molecule is CCC(C(N)=O)c1c(CCN2CCCCC2)ccc2ccccc12. The van der Waals surface area contributed by atoms with Crippen LogP contribution >= 0.6 is 0 Å². The second-order valence-electron chi connectivity index (χ2n) is 6.88. The Morgan fingerprint density at radius 2 is 1.88 bits per heavy atom. The molecule has 1 amide bonds. The van der Waals surface area contributed by atoms with Crippen LogP contribution < -0.4 is 5.73 Å². The summed E-state index contributed by atoms with van der Waals surface area (Å²) < 4.78 is 0. The van der Waals surface area contributed by atoms with Crippen LogP contribution in [-0.4, -0.2) is 30.4 Å². The van der Waals surface area contributed by atoms with E-state index in [1.165, 1.54) is 48.7 Å². The molecule has 3 rings (SSSR count). The molecule has 1 aliphatic heterocycles. The highest BCUT2D eigenvalue weighted by Crippen LogP contribution is 2.32. The fourth-order valence-corrected chi connectivity index (χ4v) is 3.98. The summed E-state index contributed by atoms with van der Waals surface area (Å²) in [7, 11) is 0. The molecule has 1 atom stereocenters. The van der Waals surface area contributed by atoms with Gasteiger partial charge in [-0.05, 0) is 60.7 Å². The third-order valence-electron chi connectivity index (χ3n) is 5.31. The van der Waals surface area contributed by atoms with Crippen LogP contribution in [0.25, 0.3) is 10.8 Å². The maximum absolute atomic E-state index is 12.0. The van der Waals surface area contributed by atoms with E-state index in [1.807, 2.05) is 19.1 Å². The zero-order valence-corrected chi connectivity index (χ0v) is 14.6. The molecule has 1 fully saturated rings. The van der Waals surface area contributed by atoms with Gasteiger partial charge in [0.05, 0.1) is 5.92 Å². The van der Waals surface area contributed by atoms with Crippen molar-refractivity contribution in [1.29, 1.82) is 0 Å². The van der Waals surface area contributed by atoms with E-state index in [-0.39, 0.29) is 11.8 Å². The van der Waals surface area contributed by atoms with E-state index in [0.29, 0.717) is 0 Å². The molecule has 3 heteroatoms. The molecular weight excluding hydrogens is 296 g/mol. The first-order valence-electron chi connectivity index (χ1n) is 9.23. The lowest BCUT2D eigenvalue weighted by Gasteiger charge is -2.27. The van der Waals surface area contributed by atoms with Gasteiger partial charge >= 0.3 is 0 Å². The highest BCUT2D eigenvalue weighted by Gasteiger charge is 2.22. The lowest BCUT2D eigenvalue weighted by molar-refractivity contribution is -0.119. The van der Waals surface area contributed by atoms with Crippen molar-refractivity contribution in [2.75, 3.05) is 19.6 Å². The molecule has 128 valence electrons. The predicted octanol–water partition coefficient (Wildman–Crippen LogP) is 3.85. The summed E-state index contributed by atoms with van der Waals surface area (Å²) in [5.41, 5.74) is 8.16. The van der Waals surface area contributed by atoms with E-state index in [2.05, 4.69) is 29.2 Å². The number of hydrogen-bond donors (Lipinski definition) is 1. The van der Waals surface area contributed by atoms with Gasteiger partial charge in [-0.3, -0.25) is 4.79 Å². The summed E-state index contributed by atoms with van der Waals surface area (Å²) in [6.45, 7) is 5.53. The van der Waals surface area contributed by atoms with Crippen LogP contribution in [0.4, 0.5) is 0 Å². The molecule has 2 aromatic rings. The normalized spacial score (nSPS) is 17.0. The number of nitrogens with zero attached hydrogens (tertiary/aromatic N) is 1. The van der Waals surface area contributed by atoms with Gasteiger partial charge in [0, 0.05) is 6.54 Å². The van der Waals surface area contributed by atoms with Crippen molar-refractivity contribution in [3.8, 4) is 0 Å². The van der Waals surface area contributed by atoms with Gasteiger partial charge in [0.15, 0.2) is 0 Å². The summed E-state index contributed by atoms with van der Waals surface area (Å²) in [6.07, 6.45) is 5.72. The minimum Gasteiger partial charge on any atom is -0.369 e. The highest BCUT2D eigenvalue weighted by molar-refractivity contribution is 5.93. The summed E-state index contributed by atoms with van der Waals surface area (Å²) in [6, 6.07) is 12.7. The molecule has 0 aliphatic carbocycles. The van der Waals surface area contributed by atoms with Crippen molar-refractivity contribution in [2.24, 2.45) is 5.73 Å². The number of primary amides is 1. The Morgan fingerprint density at radius 3 is 2.58 bits per heavy atom. The number of likely N-dealkylation sites (tertiary alicyclic amines) is 1. The molecule has 0 radical (unpaired) electrons. The molecule has 1 heterocycles. The van der Waals surface area contributed by atoms with E-state index in [9.17, 15) is 4.79 Å². The number of nitrogens with two attached hydrogens (primary N) is 1. The summed E-state index contributed by atoms with van der Waals surface area (Å²) >= 11 is 0. The number of amides is 1. The van der Waals surface area contributed by atoms with Gasteiger partial charge in [0.2, 0.25) is 5.91 Å². The van der Waals surface area contributed by atoms with E-state index < -0.39 is 0 Å². The number of fused-ring (bicyclic) bond motifs is 1. The Bertz CT molecular complexity index is 704. The van der Waals surface area contributed by atoms with Gasteiger partial charge in [0.1, 0.15) is 0 Å². The zero-order chi connectivity index (χ0) is 16.9. The quantitative estimate of drug-likeness (QED) is 0.877. The van der Waals surface area contributed by atoms with Crippen molar-refractivity contribution >= 4 is 16.7 Å². The third-order valence-corrected chi connectivity index (χ3v) is 5.31. The molecule has 1 aliphatic rings. The largest absolute Gasteiger partial charge is 0.369 e. The second kappa shape index (κ2) is 7.80. The van der Waals surface area contributed by atoms with E-state index >= 15 is 0 Å². The Balaban J connectivity index is 1.94. The van der Waals surface area contributed by atoms with Gasteiger partial charge in [0.25, 0.3) is 0 Å². The first-order chi connectivity index (χ1) is 11.7. The maximum Gasteiger partial charge on any atom is 0.224 e. The van der Waals surface area contributed by atoms with E-state index in [1.54, 1.807) is 0 Å². The lowest BCUT2D eigenvalue weighted by atomic mass is 9.86. The van der Waals surface area contributed by atoms with Crippen molar-refractivity contribution in [3.05, 3.63) is 47.5 Å². The second-order valence-corrected chi connectivity index (χ2v) is 6.88. The average molecular weight is 324 g/mol. The van der Waals surface area contributed by atoms with Gasteiger partial charge in [-0.2, -0.15) is 0 Å². The van der Waals surface area contributed by atoms with Crippen LogP contribution in [0.5, 0.6) is 0 Å². The van der Waals surface area contributed by atoms with E-state index in [0.717, 1.165) is 24.9 Å². The van der Waals surface area contributed by atoms with Crippen LogP contribution in [0.1, 0.15) is 49.7 Å². The number of rotatable bonds is 6. The summed E-state index contributed by atoms with van der Waals surface area (Å²) in [4.78, 5) is 14.6. The van der Waals surface area contributed by atoms with Crippen LogP contribution in [0.15, 0.2) is 36.4 Å². The number of carbonyl (C=O) groups is 1. The molecule has 24 heavy (non-hydrogen) atoms. The minimum absolute atomic E-state index is 0.201. The van der Waals surface area contributed by atoms with Gasteiger partial charge < -0.3 is 10.6 Å². The number of carbonyl (C=O) groups excluding carboxylic acids is 1. The lowest BCUT2D eigenvalue weighted by Crippen LogP contribution is -2.32. The van der Waals surface area contributed by atoms with Crippen LogP contribution in [0.3, 0.4) is 0 Å². The fraction of sp³-hybridized carbons (Fsp3) is 0.476. The van der Waals surface area contributed by atoms with Crippen LogP contribution in [-0.2, 0) is 11.2 Å². The summed E-state index contributed by atoms with van der Waals surface area (Å²) in [5.74, 6) is -0.416. The standard InChI is InChI=1S/C21H28N2O/c1-2-18(21(22)24)20-17(12-15-23-13-6-3-7-14-23)11-10-16-8-4-5-9-19(16)20/h4-5,8-11,18H,2-3,6-7,12-15H2,1H3,(H2,22,24). The van der Waals surface area contributed by atoms with Crippen molar-refractivity contribution in [3.63, 3.8) is 0 Å². The van der Waals surface area contributed by atoms with Gasteiger partial charge in [-0.1, -0.05) is 49.7 Å². The monoisotopic (exact) mass is 324 g/mol. The van der Waals surface area contributed by atoms with Crippen molar-refractivity contribution < 1.29 is 4.79 Å². The smallest absolute Gasteiger partial charge is 0.224 e. The van der Waals surface area contributed by atoms with Gasteiger partial charge in [-0.25, -0.2) is 0 Å². The zero-order valence-electron chi connectivity index (χ0n) is 14.6. The average Bonchev–Trinajstić information content (AvgIpc) is 2.62. The predicted molar refractivity (Wildman–Crippen MR) is 100 cm³/mol. The molecule has 0 spiro atoms. The van der Waals surface area contributed by atoms with E-state index in [4.69, 9.17) is 5.73 Å². The third kappa shape index (κ3) is 3.62. The molecule has 2 aromatic carbocycles. The molecular formula is C21H28N2O. The van der Waals surface area contributed by atoms with Gasteiger partial charge in [-0.15, -0.1) is 0 Å². The molecule has 3 nitrogen and oxygen atoms in total. The summed E-state index contributed by atoms with van der Waals surface area (Å²) in [5, 5.41) is 2.37. The molecule has 1 unspecified atom stereocenters. The minimum atomic E-state index is -0.215.